The summed E-state index contributed by atoms with van der Waals surface area (Å²) in [5, 5.41) is 11.6. The van der Waals surface area contributed by atoms with Crippen LogP contribution in [0.3, 0.4) is 0 Å². The first-order valence-corrected chi connectivity index (χ1v) is 4.79. The zero-order valence-electron chi connectivity index (χ0n) is 9.12. The standard InChI is InChI=1S/C12H16N2O/c1-4-5-10-6-9(3)11(7-8(10)2)12(13)14-15/h4,6-7,15H,1,5H2,2-3H3,(H2,13,14). The monoisotopic (exact) mass is 204 g/mol. The molecule has 0 aliphatic heterocycles. The van der Waals surface area contributed by atoms with E-state index >= 15 is 0 Å². The van der Waals surface area contributed by atoms with E-state index in [9.17, 15) is 0 Å². The lowest BCUT2D eigenvalue weighted by Gasteiger charge is -2.09. The van der Waals surface area contributed by atoms with Crippen molar-refractivity contribution in [1.82, 2.24) is 0 Å². The van der Waals surface area contributed by atoms with Crippen molar-refractivity contribution in [3.05, 3.63) is 47.0 Å². The number of nitrogens with two attached hydrogens (primary N) is 1. The van der Waals surface area contributed by atoms with Crippen molar-refractivity contribution in [2.45, 2.75) is 20.3 Å². The van der Waals surface area contributed by atoms with Crippen molar-refractivity contribution >= 4 is 5.84 Å². The maximum atomic E-state index is 8.62. The van der Waals surface area contributed by atoms with Gasteiger partial charge in [0.15, 0.2) is 5.84 Å². The third-order valence-corrected chi connectivity index (χ3v) is 2.43. The van der Waals surface area contributed by atoms with E-state index in [0.29, 0.717) is 0 Å². The average molecular weight is 204 g/mol. The molecule has 3 heteroatoms. The summed E-state index contributed by atoms with van der Waals surface area (Å²) in [7, 11) is 0. The van der Waals surface area contributed by atoms with Crippen molar-refractivity contribution in [1.29, 1.82) is 0 Å². The molecule has 3 nitrogen and oxygen atoms in total. The molecule has 0 heterocycles. The van der Waals surface area contributed by atoms with Crippen LogP contribution in [-0.4, -0.2) is 11.0 Å². The molecule has 0 atom stereocenters. The molecule has 3 N–H and O–H groups in total. The Hall–Kier alpha value is -1.77. The van der Waals surface area contributed by atoms with Crippen LogP contribution in [0.2, 0.25) is 0 Å². The van der Waals surface area contributed by atoms with Gasteiger partial charge in [-0.1, -0.05) is 17.3 Å². The number of benzene rings is 1. The summed E-state index contributed by atoms with van der Waals surface area (Å²) in [5.41, 5.74) is 9.70. The van der Waals surface area contributed by atoms with Crippen LogP contribution >= 0.6 is 0 Å². The van der Waals surface area contributed by atoms with Gasteiger partial charge in [-0.25, -0.2) is 0 Å². The maximum Gasteiger partial charge on any atom is 0.170 e. The number of amidine groups is 1. The van der Waals surface area contributed by atoms with Gasteiger partial charge in [-0.05, 0) is 43.0 Å². The molecule has 1 aromatic rings. The lowest BCUT2D eigenvalue weighted by Crippen LogP contribution is -2.15. The van der Waals surface area contributed by atoms with Gasteiger partial charge in [0.2, 0.25) is 0 Å². The Bertz CT molecular complexity index is 408. The van der Waals surface area contributed by atoms with Crippen LogP contribution in [-0.2, 0) is 6.42 Å². The molecular formula is C12H16N2O. The van der Waals surface area contributed by atoms with E-state index in [1.165, 1.54) is 5.56 Å². The molecule has 15 heavy (non-hydrogen) atoms. The van der Waals surface area contributed by atoms with Crippen LogP contribution in [0.15, 0.2) is 29.9 Å². The van der Waals surface area contributed by atoms with Crippen molar-refractivity contribution in [2.75, 3.05) is 0 Å². The third-order valence-electron chi connectivity index (χ3n) is 2.43. The summed E-state index contributed by atoms with van der Waals surface area (Å²) in [5.74, 6) is 0.153. The van der Waals surface area contributed by atoms with E-state index in [1.54, 1.807) is 0 Å². The van der Waals surface area contributed by atoms with Crippen molar-refractivity contribution in [3.8, 4) is 0 Å². The topological polar surface area (TPSA) is 58.6 Å². The van der Waals surface area contributed by atoms with Gasteiger partial charge >= 0.3 is 0 Å². The Kier molecular flexibility index (Phi) is 3.50. The van der Waals surface area contributed by atoms with Gasteiger partial charge in [-0.15, -0.1) is 6.58 Å². The second-order valence-corrected chi connectivity index (χ2v) is 3.57. The molecule has 0 spiro atoms. The van der Waals surface area contributed by atoms with Gasteiger partial charge in [0.25, 0.3) is 0 Å². The molecule has 0 amide bonds. The maximum absolute atomic E-state index is 8.62. The van der Waals surface area contributed by atoms with Gasteiger partial charge in [0.1, 0.15) is 0 Å². The van der Waals surface area contributed by atoms with E-state index in [-0.39, 0.29) is 5.84 Å². The first kappa shape index (κ1) is 11.3. The Morgan fingerprint density at radius 2 is 2.13 bits per heavy atom. The highest BCUT2D eigenvalue weighted by molar-refractivity contribution is 5.98. The first-order valence-electron chi connectivity index (χ1n) is 4.79. The molecule has 1 rings (SSSR count). The molecule has 0 radical (unpaired) electrons. The molecule has 0 unspecified atom stereocenters. The molecule has 0 aliphatic rings. The Labute approximate surface area is 89.9 Å². The zero-order valence-corrected chi connectivity index (χ0v) is 9.12. The number of aryl methyl sites for hydroxylation is 2. The summed E-state index contributed by atoms with van der Waals surface area (Å²) < 4.78 is 0. The van der Waals surface area contributed by atoms with Crippen LogP contribution < -0.4 is 5.73 Å². The summed E-state index contributed by atoms with van der Waals surface area (Å²) in [6, 6.07) is 3.98. The van der Waals surface area contributed by atoms with Crippen molar-refractivity contribution in [3.63, 3.8) is 0 Å². The third kappa shape index (κ3) is 2.37. The van der Waals surface area contributed by atoms with Crippen LogP contribution in [0.1, 0.15) is 22.3 Å². The lowest BCUT2D eigenvalue weighted by atomic mass is 9.97. The molecule has 1 aromatic carbocycles. The number of hydrogen-bond acceptors (Lipinski definition) is 2. The smallest absolute Gasteiger partial charge is 0.170 e. The summed E-state index contributed by atoms with van der Waals surface area (Å²) in [4.78, 5) is 0. The van der Waals surface area contributed by atoms with Crippen LogP contribution in [0.25, 0.3) is 0 Å². The number of oxime groups is 1. The Morgan fingerprint density at radius 1 is 1.47 bits per heavy atom. The second-order valence-electron chi connectivity index (χ2n) is 3.57. The van der Waals surface area contributed by atoms with E-state index in [1.807, 2.05) is 32.1 Å². The van der Waals surface area contributed by atoms with Crippen LogP contribution in [0, 0.1) is 13.8 Å². The predicted molar refractivity (Wildman–Crippen MR) is 62.3 cm³/mol. The second kappa shape index (κ2) is 4.64. The van der Waals surface area contributed by atoms with E-state index in [4.69, 9.17) is 10.9 Å². The quantitative estimate of drug-likeness (QED) is 0.260. The highest BCUT2D eigenvalue weighted by Crippen LogP contribution is 2.16. The molecule has 0 fully saturated rings. The number of nitrogens with zero attached hydrogens (tertiary/aromatic N) is 1. The normalized spacial score (nSPS) is 11.5. The predicted octanol–water partition coefficient (Wildman–Crippen LogP) is 2.13. The fourth-order valence-electron chi connectivity index (χ4n) is 1.58. The molecular weight excluding hydrogens is 188 g/mol. The number of allylic oxidation sites excluding steroid dienone is 1. The Morgan fingerprint density at radius 3 is 2.67 bits per heavy atom. The highest BCUT2D eigenvalue weighted by Gasteiger charge is 2.07. The molecule has 0 bridgehead atoms. The van der Waals surface area contributed by atoms with Crippen molar-refractivity contribution < 1.29 is 5.21 Å². The molecule has 80 valence electrons. The molecule has 0 saturated heterocycles. The highest BCUT2D eigenvalue weighted by atomic mass is 16.4. The molecule has 0 aromatic heterocycles. The van der Waals surface area contributed by atoms with E-state index < -0.39 is 0 Å². The summed E-state index contributed by atoms with van der Waals surface area (Å²) in [6.07, 6.45) is 2.70. The zero-order chi connectivity index (χ0) is 11.4. The van der Waals surface area contributed by atoms with Gasteiger partial charge in [0.05, 0.1) is 0 Å². The largest absolute Gasteiger partial charge is 0.409 e. The van der Waals surface area contributed by atoms with E-state index in [2.05, 4.69) is 11.7 Å². The lowest BCUT2D eigenvalue weighted by molar-refractivity contribution is 0.318. The molecule has 0 aliphatic carbocycles. The van der Waals surface area contributed by atoms with Gasteiger partial charge in [-0.3, -0.25) is 0 Å². The minimum atomic E-state index is 0.153. The SMILES string of the molecule is C=CCc1cc(C)c(C(N)=NO)cc1C. The van der Waals surface area contributed by atoms with Gasteiger partial charge < -0.3 is 10.9 Å². The van der Waals surface area contributed by atoms with Crippen LogP contribution in [0.5, 0.6) is 0 Å². The minimum Gasteiger partial charge on any atom is -0.409 e. The number of hydrogen-bond donors (Lipinski definition) is 2. The van der Waals surface area contributed by atoms with Gasteiger partial charge in [0, 0.05) is 5.56 Å². The van der Waals surface area contributed by atoms with Crippen molar-refractivity contribution in [2.24, 2.45) is 10.9 Å². The van der Waals surface area contributed by atoms with Gasteiger partial charge in [-0.2, -0.15) is 0 Å². The minimum absolute atomic E-state index is 0.153. The average Bonchev–Trinajstić information content (AvgIpc) is 2.22. The van der Waals surface area contributed by atoms with Crippen LogP contribution in [0.4, 0.5) is 0 Å². The van der Waals surface area contributed by atoms with E-state index in [0.717, 1.165) is 23.1 Å². The fraction of sp³-hybridized carbons (Fsp3) is 0.250. The summed E-state index contributed by atoms with van der Waals surface area (Å²) in [6.45, 7) is 7.66. The number of rotatable bonds is 3. The molecule has 0 saturated carbocycles. The summed E-state index contributed by atoms with van der Waals surface area (Å²) >= 11 is 0. The first-order chi connectivity index (χ1) is 7.10. The fourth-order valence-corrected chi connectivity index (χ4v) is 1.58. The Balaban J connectivity index is 3.25.